The molecule has 198 valence electrons. The van der Waals surface area contributed by atoms with Crippen LogP contribution in [-0.2, 0) is 6.54 Å². The van der Waals surface area contributed by atoms with Gasteiger partial charge in [-0.05, 0) is 31.7 Å². The van der Waals surface area contributed by atoms with Crippen molar-refractivity contribution >= 4 is 28.5 Å². The molecule has 11 heteroatoms. The maximum absolute atomic E-state index is 10.2. The largest absolute Gasteiger partial charge is 0.395 e. The van der Waals surface area contributed by atoms with Gasteiger partial charge in [0.15, 0.2) is 5.82 Å². The second-order valence-electron chi connectivity index (χ2n) is 9.99. The summed E-state index contributed by atoms with van der Waals surface area (Å²) in [6.07, 6.45) is 3.01. The second-order valence-corrected chi connectivity index (χ2v) is 9.99. The Balaban J connectivity index is 1.29. The number of anilines is 3. The normalized spacial score (nSPS) is 18.9. The van der Waals surface area contributed by atoms with Gasteiger partial charge in [-0.2, -0.15) is 0 Å². The molecule has 11 nitrogen and oxygen atoms in total. The summed E-state index contributed by atoms with van der Waals surface area (Å²) in [6, 6.07) is 5.91. The third-order valence-corrected chi connectivity index (χ3v) is 7.15. The molecule has 3 N–H and O–H groups in total. The van der Waals surface area contributed by atoms with Crippen LogP contribution in [0.25, 0.3) is 10.9 Å². The van der Waals surface area contributed by atoms with Crippen molar-refractivity contribution in [1.82, 2.24) is 34.6 Å². The van der Waals surface area contributed by atoms with Crippen LogP contribution in [0.4, 0.5) is 17.6 Å². The van der Waals surface area contributed by atoms with Gasteiger partial charge in [-0.15, -0.1) is 0 Å². The van der Waals surface area contributed by atoms with E-state index in [0.717, 1.165) is 87.7 Å². The molecule has 2 aliphatic rings. The Kier molecular flexibility index (Phi) is 8.06. The number of fused-ring (bicyclic) bond motifs is 1. The van der Waals surface area contributed by atoms with Gasteiger partial charge in [0.1, 0.15) is 11.3 Å². The molecule has 0 saturated carbocycles. The highest BCUT2D eigenvalue weighted by atomic mass is 16.3. The van der Waals surface area contributed by atoms with Crippen molar-refractivity contribution in [2.45, 2.75) is 19.6 Å². The summed E-state index contributed by atoms with van der Waals surface area (Å²) in [5, 5.41) is 23.4. The lowest BCUT2D eigenvalue weighted by Gasteiger charge is -2.34. The number of aliphatic hydroxyl groups excluding tert-OH is 2. The molecular formula is C26H37N9O2. The molecule has 0 aromatic carbocycles. The van der Waals surface area contributed by atoms with Crippen LogP contribution in [0, 0.1) is 0 Å². The molecule has 1 atom stereocenters. The fourth-order valence-electron chi connectivity index (χ4n) is 4.83. The predicted octanol–water partition coefficient (Wildman–Crippen LogP) is 1.08. The number of likely N-dealkylation sites (N-methyl/N-ethyl adjacent to an activating group) is 1. The highest BCUT2D eigenvalue weighted by molar-refractivity contribution is 5.89. The molecule has 5 rings (SSSR count). The van der Waals surface area contributed by atoms with Crippen LogP contribution in [0.15, 0.2) is 30.6 Å². The molecule has 5 heterocycles. The van der Waals surface area contributed by atoms with Crippen molar-refractivity contribution in [1.29, 1.82) is 0 Å². The van der Waals surface area contributed by atoms with E-state index in [9.17, 15) is 5.11 Å². The van der Waals surface area contributed by atoms with Crippen molar-refractivity contribution < 1.29 is 10.2 Å². The van der Waals surface area contributed by atoms with E-state index < -0.39 is 6.10 Å². The van der Waals surface area contributed by atoms with Crippen LogP contribution in [0.3, 0.4) is 0 Å². The number of aromatic nitrogens is 4. The Labute approximate surface area is 217 Å². The summed E-state index contributed by atoms with van der Waals surface area (Å²) >= 11 is 0. The first-order valence-electron chi connectivity index (χ1n) is 13.1. The summed E-state index contributed by atoms with van der Waals surface area (Å²) in [4.78, 5) is 27.9. The van der Waals surface area contributed by atoms with Crippen LogP contribution < -0.4 is 10.2 Å². The van der Waals surface area contributed by atoms with E-state index in [2.05, 4.69) is 48.0 Å². The molecule has 0 spiro atoms. The Morgan fingerprint density at radius 3 is 2.38 bits per heavy atom. The third-order valence-electron chi connectivity index (χ3n) is 7.15. The van der Waals surface area contributed by atoms with E-state index in [0.29, 0.717) is 17.5 Å². The molecule has 0 amide bonds. The van der Waals surface area contributed by atoms with Gasteiger partial charge in [0.2, 0.25) is 5.95 Å². The molecule has 0 radical (unpaired) electrons. The van der Waals surface area contributed by atoms with E-state index in [-0.39, 0.29) is 6.61 Å². The lowest BCUT2D eigenvalue weighted by atomic mass is 10.2. The molecule has 2 fully saturated rings. The number of nitrogens with one attached hydrogen (secondary N) is 1. The zero-order valence-electron chi connectivity index (χ0n) is 21.7. The third kappa shape index (κ3) is 6.31. The zero-order chi connectivity index (χ0) is 25.8. The van der Waals surface area contributed by atoms with Gasteiger partial charge in [-0.1, -0.05) is 6.07 Å². The summed E-state index contributed by atoms with van der Waals surface area (Å²) in [7, 11) is 2.12. The molecule has 0 unspecified atom stereocenters. The molecule has 2 aliphatic heterocycles. The van der Waals surface area contributed by atoms with E-state index >= 15 is 0 Å². The van der Waals surface area contributed by atoms with Crippen molar-refractivity contribution in [2.75, 3.05) is 82.8 Å². The second kappa shape index (κ2) is 11.6. The number of piperazine rings is 2. The minimum absolute atomic E-state index is 0.218. The first-order valence-corrected chi connectivity index (χ1v) is 13.1. The number of aliphatic hydroxyl groups is 2. The topological polar surface area (TPSA) is 117 Å². The van der Waals surface area contributed by atoms with Crippen LogP contribution in [0.1, 0.15) is 24.3 Å². The maximum atomic E-state index is 10.2. The standard InChI is InChI=1S/C26H37N9O2/c1-19(37)22-15-21-17-28-26(31-24(21)25(29-22)35-11-5-32(2)6-12-35)30-23-4-3-20(16-27-23)18-34-9-7-33(8-10-34)13-14-36/h3-4,15-17,19,36-37H,5-14,18H2,1-2H3,(H,27,28,30,31)/t19-/m1/s1. The Hall–Kier alpha value is -2.96. The molecule has 0 aliphatic carbocycles. The van der Waals surface area contributed by atoms with Gasteiger partial charge in [0, 0.05) is 83.2 Å². The fourth-order valence-corrected chi connectivity index (χ4v) is 4.83. The predicted molar refractivity (Wildman–Crippen MR) is 144 cm³/mol. The lowest BCUT2D eigenvalue weighted by Crippen LogP contribution is -2.46. The van der Waals surface area contributed by atoms with E-state index in [1.165, 1.54) is 0 Å². The number of hydrogen-bond acceptors (Lipinski definition) is 11. The average molecular weight is 508 g/mol. The fraction of sp³-hybridized carbons (Fsp3) is 0.538. The van der Waals surface area contributed by atoms with Gasteiger partial charge in [-0.25, -0.2) is 19.9 Å². The highest BCUT2D eigenvalue weighted by Gasteiger charge is 2.21. The van der Waals surface area contributed by atoms with Crippen LogP contribution in [0.5, 0.6) is 0 Å². The Morgan fingerprint density at radius 2 is 1.70 bits per heavy atom. The summed E-state index contributed by atoms with van der Waals surface area (Å²) in [5.74, 6) is 1.94. The quantitative estimate of drug-likeness (QED) is 0.407. The van der Waals surface area contributed by atoms with Gasteiger partial charge >= 0.3 is 0 Å². The number of β-amino-alcohol motifs (C(OH)–C–C–N with tert-alkyl or cyclic N) is 1. The van der Waals surface area contributed by atoms with Crippen LogP contribution in [0.2, 0.25) is 0 Å². The smallest absolute Gasteiger partial charge is 0.229 e. The SMILES string of the molecule is C[C@@H](O)c1cc2cnc(Nc3ccc(CN4CCN(CCO)CC4)cn3)nc2c(N2CCN(C)CC2)n1. The first kappa shape index (κ1) is 25.7. The van der Waals surface area contributed by atoms with Crippen LogP contribution >= 0.6 is 0 Å². The number of rotatable bonds is 8. The molecular weight excluding hydrogens is 470 g/mol. The number of pyridine rings is 2. The van der Waals surface area contributed by atoms with Gasteiger partial charge in [-0.3, -0.25) is 9.80 Å². The van der Waals surface area contributed by atoms with Gasteiger partial charge in [0.05, 0.1) is 18.4 Å². The van der Waals surface area contributed by atoms with Gasteiger partial charge in [0.25, 0.3) is 0 Å². The van der Waals surface area contributed by atoms with Crippen molar-refractivity contribution in [3.05, 3.63) is 41.9 Å². The number of hydrogen-bond donors (Lipinski definition) is 3. The molecule has 2 saturated heterocycles. The summed E-state index contributed by atoms with van der Waals surface area (Å²) < 4.78 is 0. The van der Waals surface area contributed by atoms with E-state index in [4.69, 9.17) is 15.1 Å². The highest BCUT2D eigenvalue weighted by Crippen LogP contribution is 2.28. The van der Waals surface area contributed by atoms with Crippen molar-refractivity contribution in [3.63, 3.8) is 0 Å². The van der Waals surface area contributed by atoms with E-state index in [1.807, 2.05) is 18.3 Å². The average Bonchev–Trinajstić information content (AvgIpc) is 2.91. The zero-order valence-corrected chi connectivity index (χ0v) is 21.7. The minimum Gasteiger partial charge on any atom is -0.395 e. The molecule has 0 bridgehead atoms. The van der Waals surface area contributed by atoms with Crippen molar-refractivity contribution in [3.8, 4) is 0 Å². The summed E-state index contributed by atoms with van der Waals surface area (Å²) in [6.45, 7) is 11.1. The lowest BCUT2D eigenvalue weighted by molar-refractivity contribution is 0.108. The minimum atomic E-state index is -0.666. The monoisotopic (exact) mass is 507 g/mol. The molecule has 3 aromatic rings. The summed E-state index contributed by atoms with van der Waals surface area (Å²) in [5.41, 5.74) is 2.55. The maximum Gasteiger partial charge on any atom is 0.229 e. The van der Waals surface area contributed by atoms with Crippen LogP contribution in [-0.4, -0.2) is 117 Å². The van der Waals surface area contributed by atoms with Gasteiger partial charge < -0.3 is 25.3 Å². The molecule has 3 aromatic heterocycles. The Morgan fingerprint density at radius 1 is 0.946 bits per heavy atom. The van der Waals surface area contributed by atoms with E-state index in [1.54, 1.807) is 13.1 Å². The molecule has 37 heavy (non-hydrogen) atoms. The first-order chi connectivity index (χ1) is 18.0. The Bertz CT molecular complexity index is 1170. The number of nitrogens with zero attached hydrogens (tertiary/aromatic N) is 8. The van der Waals surface area contributed by atoms with Crippen molar-refractivity contribution in [2.24, 2.45) is 0 Å².